The van der Waals surface area contributed by atoms with Crippen LogP contribution in [-0.2, 0) is 9.53 Å². The number of thiazole rings is 1. The van der Waals surface area contributed by atoms with Crippen molar-refractivity contribution in [2.75, 3.05) is 31.2 Å². The first-order chi connectivity index (χ1) is 12.2. The molecule has 1 atom stereocenters. The third-order valence-corrected chi connectivity index (χ3v) is 6.38. The van der Waals surface area contributed by atoms with Gasteiger partial charge in [-0.2, -0.15) is 0 Å². The van der Waals surface area contributed by atoms with Crippen molar-refractivity contribution in [1.82, 2.24) is 10.3 Å². The maximum Gasteiger partial charge on any atom is 0.225 e. The van der Waals surface area contributed by atoms with Gasteiger partial charge in [0, 0.05) is 32.3 Å². The monoisotopic (exact) mass is 379 g/mol. The lowest BCUT2D eigenvalue weighted by atomic mass is 9.96. The van der Waals surface area contributed by atoms with Gasteiger partial charge in [-0.15, -0.1) is 0 Å². The molecule has 25 heavy (non-hydrogen) atoms. The number of hydrogen-bond acceptors (Lipinski definition) is 5. The Hall–Kier alpha value is -1.37. The second-order valence-electron chi connectivity index (χ2n) is 6.76. The van der Waals surface area contributed by atoms with E-state index in [1.165, 1.54) is 0 Å². The average molecular weight is 380 g/mol. The maximum absolute atomic E-state index is 12.7. The molecule has 2 aliphatic rings. The number of para-hydroxylation sites is 1. The summed E-state index contributed by atoms with van der Waals surface area (Å²) in [5.74, 6) is 0.204. The van der Waals surface area contributed by atoms with E-state index in [2.05, 4.69) is 10.2 Å². The molecule has 1 aromatic heterocycles. The minimum atomic E-state index is 0.0269. The summed E-state index contributed by atoms with van der Waals surface area (Å²) < 4.78 is 6.46. The van der Waals surface area contributed by atoms with Crippen molar-refractivity contribution in [2.45, 2.75) is 31.7 Å². The summed E-state index contributed by atoms with van der Waals surface area (Å²) >= 11 is 7.90. The fourth-order valence-corrected chi connectivity index (χ4v) is 4.86. The molecule has 0 spiro atoms. The standard InChI is InChI=1S/C18H22ClN3O2S/c19-14-4-1-5-15-16(14)21-18(25-15)22-8-2-3-12(11-22)17(23)20-13-6-9-24-10-7-13/h1,4-5,12-13H,2-3,6-11H2,(H,20,23). The molecule has 0 aliphatic carbocycles. The van der Waals surface area contributed by atoms with E-state index in [0.29, 0.717) is 5.02 Å². The number of carbonyl (C=O) groups is 1. The van der Waals surface area contributed by atoms with E-state index in [9.17, 15) is 4.79 Å². The van der Waals surface area contributed by atoms with Crippen molar-refractivity contribution in [1.29, 1.82) is 0 Å². The van der Waals surface area contributed by atoms with E-state index < -0.39 is 0 Å². The molecule has 2 fully saturated rings. The normalized spacial score (nSPS) is 22.3. The maximum atomic E-state index is 12.7. The summed E-state index contributed by atoms with van der Waals surface area (Å²) in [4.78, 5) is 19.6. The Morgan fingerprint density at radius 1 is 1.32 bits per heavy atom. The second-order valence-corrected chi connectivity index (χ2v) is 8.18. The van der Waals surface area contributed by atoms with Crippen LogP contribution in [0.1, 0.15) is 25.7 Å². The molecule has 2 saturated heterocycles. The van der Waals surface area contributed by atoms with Crippen LogP contribution in [0.3, 0.4) is 0 Å². The molecular weight excluding hydrogens is 358 g/mol. The second kappa shape index (κ2) is 7.48. The highest BCUT2D eigenvalue weighted by Crippen LogP contribution is 2.34. The zero-order valence-corrected chi connectivity index (χ0v) is 15.6. The van der Waals surface area contributed by atoms with Gasteiger partial charge in [0.15, 0.2) is 5.13 Å². The summed E-state index contributed by atoms with van der Waals surface area (Å²) in [6.45, 7) is 3.16. The first kappa shape index (κ1) is 17.1. The molecule has 3 heterocycles. The van der Waals surface area contributed by atoms with E-state index in [1.54, 1.807) is 11.3 Å². The number of anilines is 1. The lowest BCUT2D eigenvalue weighted by Crippen LogP contribution is -2.47. The summed E-state index contributed by atoms with van der Waals surface area (Å²) in [5.41, 5.74) is 0.859. The highest BCUT2D eigenvalue weighted by molar-refractivity contribution is 7.22. The molecule has 1 N–H and O–H groups in total. The fraction of sp³-hybridized carbons (Fsp3) is 0.556. The van der Waals surface area contributed by atoms with Crippen LogP contribution in [0.2, 0.25) is 5.02 Å². The molecule has 0 bridgehead atoms. The number of rotatable bonds is 3. The van der Waals surface area contributed by atoms with E-state index in [-0.39, 0.29) is 17.9 Å². The lowest BCUT2D eigenvalue weighted by Gasteiger charge is -2.33. The molecule has 134 valence electrons. The summed E-state index contributed by atoms with van der Waals surface area (Å²) in [6.07, 6.45) is 3.78. The van der Waals surface area contributed by atoms with Gasteiger partial charge in [-0.3, -0.25) is 4.79 Å². The fourth-order valence-electron chi connectivity index (χ4n) is 3.56. The third-order valence-electron chi connectivity index (χ3n) is 4.99. The van der Waals surface area contributed by atoms with E-state index in [4.69, 9.17) is 21.3 Å². The Labute approximate surface area is 156 Å². The number of fused-ring (bicyclic) bond motifs is 1. The zero-order valence-electron chi connectivity index (χ0n) is 14.0. The molecule has 1 unspecified atom stereocenters. The van der Waals surface area contributed by atoms with Gasteiger partial charge in [0.1, 0.15) is 5.52 Å². The first-order valence-electron chi connectivity index (χ1n) is 8.89. The minimum absolute atomic E-state index is 0.0269. The summed E-state index contributed by atoms with van der Waals surface area (Å²) in [7, 11) is 0. The molecule has 1 amide bonds. The van der Waals surface area contributed by atoms with Crippen LogP contribution in [-0.4, -0.2) is 43.2 Å². The molecule has 2 aromatic rings. The average Bonchev–Trinajstić information content (AvgIpc) is 3.08. The van der Waals surface area contributed by atoms with Gasteiger partial charge in [-0.05, 0) is 37.8 Å². The number of carbonyl (C=O) groups excluding carboxylic acids is 1. The van der Waals surface area contributed by atoms with Crippen LogP contribution >= 0.6 is 22.9 Å². The molecule has 1 aromatic carbocycles. The number of amides is 1. The number of nitrogens with zero attached hydrogens (tertiary/aromatic N) is 2. The molecule has 2 aliphatic heterocycles. The molecular formula is C18H22ClN3O2S. The Morgan fingerprint density at radius 3 is 2.96 bits per heavy atom. The van der Waals surface area contributed by atoms with Crippen molar-refractivity contribution >= 4 is 44.2 Å². The molecule has 0 saturated carbocycles. The molecule has 5 nitrogen and oxygen atoms in total. The van der Waals surface area contributed by atoms with Crippen LogP contribution in [0, 0.1) is 5.92 Å². The first-order valence-corrected chi connectivity index (χ1v) is 10.1. The van der Waals surface area contributed by atoms with E-state index in [1.807, 2.05) is 18.2 Å². The van der Waals surface area contributed by atoms with Crippen LogP contribution in [0.15, 0.2) is 18.2 Å². The van der Waals surface area contributed by atoms with Gasteiger partial charge in [0.2, 0.25) is 5.91 Å². The van der Waals surface area contributed by atoms with Gasteiger partial charge in [0.05, 0.1) is 15.6 Å². The van der Waals surface area contributed by atoms with E-state index >= 15 is 0 Å². The molecule has 0 radical (unpaired) electrons. The van der Waals surface area contributed by atoms with Crippen molar-refractivity contribution in [3.63, 3.8) is 0 Å². The largest absolute Gasteiger partial charge is 0.381 e. The summed E-state index contributed by atoms with van der Waals surface area (Å²) in [6, 6.07) is 6.13. The van der Waals surface area contributed by atoms with Gasteiger partial charge in [-0.25, -0.2) is 4.98 Å². The number of aromatic nitrogens is 1. The van der Waals surface area contributed by atoms with Crippen molar-refractivity contribution in [3.05, 3.63) is 23.2 Å². The van der Waals surface area contributed by atoms with Crippen LogP contribution in [0.4, 0.5) is 5.13 Å². The topological polar surface area (TPSA) is 54.5 Å². The van der Waals surface area contributed by atoms with Gasteiger partial charge >= 0.3 is 0 Å². The number of hydrogen-bond donors (Lipinski definition) is 1. The SMILES string of the molecule is O=C(NC1CCOCC1)C1CCCN(c2nc3c(Cl)cccc3s2)C1. The van der Waals surface area contributed by atoms with Crippen LogP contribution in [0.25, 0.3) is 10.2 Å². The van der Waals surface area contributed by atoms with Crippen molar-refractivity contribution in [3.8, 4) is 0 Å². The number of halogens is 1. The highest BCUT2D eigenvalue weighted by Gasteiger charge is 2.29. The summed E-state index contributed by atoms with van der Waals surface area (Å²) in [5, 5.41) is 4.86. The van der Waals surface area contributed by atoms with Crippen LogP contribution < -0.4 is 10.2 Å². The molecule has 4 rings (SSSR count). The number of benzene rings is 1. The lowest BCUT2D eigenvalue weighted by molar-refractivity contribution is -0.126. The van der Waals surface area contributed by atoms with Crippen molar-refractivity contribution < 1.29 is 9.53 Å². The Balaban J connectivity index is 1.44. The molecule has 7 heteroatoms. The highest BCUT2D eigenvalue weighted by atomic mass is 35.5. The Morgan fingerprint density at radius 2 is 2.16 bits per heavy atom. The number of piperidine rings is 1. The third kappa shape index (κ3) is 3.76. The van der Waals surface area contributed by atoms with E-state index in [0.717, 1.165) is 67.3 Å². The minimum Gasteiger partial charge on any atom is -0.381 e. The van der Waals surface area contributed by atoms with Crippen molar-refractivity contribution in [2.24, 2.45) is 5.92 Å². The quantitative estimate of drug-likeness (QED) is 0.887. The Kier molecular flexibility index (Phi) is 5.10. The van der Waals surface area contributed by atoms with Gasteiger partial charge < -0.3 is 15.0 Å². The predicted octanol–water partition coefficient (Wildman–Crippen LogP) is 3.46. The predicted molar refractivity (Wildman–Crippen MR) is 102 cm³/mol. The number of ether oxygens (including phenoxy) is 1. The smallest absolute Gasteiger partial charge is 0.225 e. The zero-order chi connectivity index (χ0) is 17.2. The van der Waals surface area contributed by atoms with Gasteiger partial charge in [-0.1, -0.05) is 29.0 Å². The Bertz CT molecular complexity index is 760. The number of nitrogens with one attached hydrogen (secondary N) is 1. The van der Waals surface area contributed by atoms with Gasteiger partial charge in [0.25, 0.3) is 0 Å². The van der Waals surface area contributed by atoms with Crippen LogP contribution in [0.5, 0.6) is 0 Å².